The van der Waals surface area contributed by atoms with E-state index in [-0.39, 0.29) is 42.2 Å². The zero-order chi connectivity index (χ0) is 20.5. The lowest BCUT2D eigenvalue weighted by Crippen LogP contribution is -2.52. The number of carbonyl (C=O) groups is 1. The Hall–Kier alpha value is -2.36. The Morgan fingerprint density at radius 1 is 1.00 bits per heavy atom. The number of guanidine groups is 1. The summed E-state index contributed by atoms with van der Waals surface area (Å²) in [4.78, 5) is 21.1. The van der Waals surface area contributed by atoms with Crippen molar-refractivity contribution in [3.8, 4) is 0 Å². The summed E-state index contributed by atoms with van der Waals surface area (Å²) >= 11 is 0. The molecule has 0 aromatic heterocycles. The van der Waals surface area contributed by atoms with Crippen LogP contribution in [0.3, 0.4) is 0 Å². The van der Waals surface area contributed by atoms with Crippen LogP contribution in [0.15, 0.2) is 59.6 Å². The van der Waals surface area contributed by atoms with Crippen molar-refractivity contribution in [3.05, 3.63) is 66.0 Å². The number of amides is 1. The summed E-state index contributed by atoms with van der Waals surface area (Å²) in [6.45, 7) is 6.55. The highest BCUT2D eigenvalue weighted by atomic mass is 127. The van der Waals surface area contributed by atoms with Crippen molar-refractivity contribution in [1.29, 1.82) is 0 Å². The second kappa shape index (κ2) is 12.4. The molecule has 6 nitrogen and oxygen atoms in total. The number of nitrogens with one attached hydrogen (secondary N) is 2. The molecule has 162 valence electrons. The molecule has 1 aliphatic heterocycles. The van der Waals surface area contributed by atoms with Gasteiger partial charge in [-0.25, -0.2) is 9.38 Å². The molecule has 2 aromatic carbocycles. The Kier molecular flexibility index (Phi) is 9.85. The topological polar surface area (TPSA) is 60.0 Å². The van der Waals surface area contributed by atoms with E-state index in [4.69, 9.17) is 0 Å². The molecule has 0 bridgehead atoms. The van der Waals surface area contributed by atoms with Crippen molar-refractivity contribution in [2.24, 2.45) is 4.99 Å². The van der Waals surface area contributed by atoms with Gasteiger partial charge < -0.3 is 20.4 Å². The predicted molar refractivity (Wildman–Crippen MR) is 130 cm³/mol. The van der Waals surface area contributed by atoms with Crippen molar-refractivity contribution in [2.45, 2.75) is 13.5 Å². The van der Waals surface area contributed by atoms with E-state index in [0.717, 1.165) is 49.9 Å². The molecule has 0 radical (unpaired) electrons. The quantitative estimate of drug-likeness (QED) is 0.346. The molecule has 1 fully saturated rings. The molecule has 2 aromatic rings. The Balaban J connectivity index is 0.00000320. The Labute approximate surface area is 194 Å². The van der Waals surface area contributed by atoms with E-state index >= 15 is 0 Å². The summed E-state index contributed by atoms with van der Waals surface area (Å²) < 4.78 is 13.1. The van der Waals surface area contributed by atoms with Crippen LogP contribution >= 0.6 is 24.0 Å². The van der Waals surface area contributed by atoms with Gasteiger partial charge in [0, 0.05) is 45.0 Å². The molecule has 2 N–H and O–H groups in total. The molecular weight excluding hydrogens is 496 g/mol. The standard InChI is InChI=1S/C22H28FN5O.HI/c1-2-24-22(26-17-21(29)25-16-18-6-4-3-5-7-18)28-14-12-27(13-15-28)20-10-8-19(23)9-11-20;/h3-11H,2,12-17H2,1H3,(H,24,26)(H,25,29);1H. The summed E-state index contributed by atoms with van der Waals surface area (Å²) in [5, 5.41) is 6.17. The molecule has 0 aliphatic carbocycles. The second-order valence-electron chi connectivity index (χ2n) is 6.88. The van der Waals surface area contributed by atoms with Crippen LogP contribution in [0.1, 0.15) is 12.5 Å². The molecule has 0 atom stereocenters. The fourth-order valence-corrected chi connectivity index (χ4v) is 3.25. The van der Waals surface area contributed by atoms with Gasteiger partial charge in [0.2, 0.25) is 5.91 Å². The first-order chi connectivity index (χ1) is 14.2. The van der Waals surface area contributed by atoms with E-state index in [1.807, 2.05) is 37.3 Å². The van der Waals surface area contributed by atoms with Crippen molar-refractivity contribution in [2.75, 3.05) is 44.2 Å². The van der Waals surface area contributed by atoms with Crippen LogP contribution in [0.2, 0.25) is 0 Å². The molecule has 30 heavy (non-hydrogen) atoms. The van der Waals surface area contributed by atoms with Gasteiger partial charge in [0.05, 0.1) is 0 Å². The minimum Gasteiger partial charge on any atom is -0.368 e. The molecule has 1 heterocycles. The van der Waals surface area contributed by atoms with Gasteiger partial charge >= 0.3 is 0 Å². The van der Waals surface area contributed by atoms with Crippen molar-refractivity contribution >= 4 is 41.5 Å². The third kappa shape index (κ3) is 7.16. The zero-order valence-corrected chi connectivity index (χ0v) is 19.5. The number of carbonyl (C=O) groups excluding carboxylic acids is 1. The first-order valence-corrected chi connectivity index (χ1v) is 10.00. The van der Waals surface area contributed by atoms with Crippen molar-refractivity contribution < 1.29 is 9.18 Å². The molecule has 0 saturated carbocycles. The third-order valence-electron chi connectivity index (χ3n) is 4.81. The molecular formula is C22H29FIN5O. The average Bonchev–Trinajstić information content (AvgIpc) is 2.76. The minimum absolute atomic E-state index is 0. The maximum Gasteiger partial charge on any atom is 0.242 e. The number of aliphatic imine (C=N–C) groups is 1. The summed E-state index contributed by atoms with van der Waals surface area (Å²) in [5.41, 5.74) is 2.09. The van der Waals surface area contributed by atoms with E-state index in [0.29, 0.717) is 6.54 Å². The van der Waals surface area contributed by atoms with Crippen molar-refractivity contribution in [1.82, 2.24) is 15.5 Å². The highest BCUT2D eigenvalue weighted by Gasteiger charge is 2.20. The first-order valence-electron chi connectivity index (χ1n) is 10.00. The number of nitrogens with zero attached hydrogens (tertiary/aromatic N) is 3. The van der Waals surface area contributed by atoms with Crippen LogP contribution in [0.5, 0.6) is 0 Å². The van der Waals surface area contributed by atoms with Crippen LogP contribution in [-0.2, 0) is 11.3 Å². The SMILES string of the molecule is CCNC(=NCC(=O)NCc1ccccc1)N1CCN(c2ccc(F)cc2)CC1.I. The van der Waals surface area contributed by atoms with Gasteiger partial charge in [0.15, 0.2) is 5.96 Å². The Morgan fingerprint density at radius 3 is 2.30 bits per heavy atom. The number of piperazine rings is 1. The smallest absolute Gasteiger partial charge is 0.242 e. The van der Waals surface area contributed by atoms with Gasteiger partial charge in [-0.1, -0.05) is 30.3 Å². The van der Waals surface area contributed by atoms with Crippen LogP contribution in [-0.4, -0.2) is 56.0 Å². The van der Waals surface area contributed by atoms with Gasteiger partial charge in [0.25, 0.3) is 0 Å². The van der Waals surface area contributed by atoms with Crippen LogP contribution in [0.25, 0.3) is 0 Å². The number of halogens is 2. The Morgan fingerprint density at radius 2 is 1.67 bits per heavy atom. The van der Waals surface area contributed by atoms with E-state index in [9.17, 15) is 9.18 Å². The summed E-state index contributed by atoms with van der Waals surface area (Å²) in [6.07, 6.45) is 0. The van der Waals surface area contributed by atoms with Gasteiger partial charge in [0.1, 0.15) is 12.4 Å². The Bertz CT molecular complexity index is 808. The summed E-state index contributed by atoms with van der Waals surface area (Å²) in [6, 6.07) is 16.4. The van der Waals surface area contributed by atoms with Gasteiger partial charge in [-0.2, -0.15) is 0 Å². The number of benzene rings is 2. The third-order valence-corrected chi connectivity index (χ3v) is 4.81. The van der Waals surface area contributed by atoms with Crippen LogP contribution in [0, 0.1) is 5.82 Å². The first kappa shape index (κ1) is 23.9. The molecule has 0 spiro atoms. The van der Waals surface area contributed by atoms with E-state index in [2.05, 4.69) is 25.4 Å². The summed E-state index contributed by atoms with van der Waals surface area (Å²) in [7, 11) is 0. The number of hydrogen-bond acceptors (Lipinski definition) is 3. The van der Waals surface area contributed by atoms with E-state index in [1.54, 1.807) is 12.1 Å². The second-order valence-corrected chi connectivity index (χ2v) is 6.88. The lowest BCUT2D eigenvalue weighted by Gasteiger charge is -2.37. The van der Waals surface area contributed by atoms with E-state index in [1.165, 1.54) is 12.1 Å². The maximum absolute atomic E-state index is 13.1. The highest BCUT2D eigenvalue weighted by Crippen LogP contribution is 2.17. The highest BCUT2D eigenvalue weighted by molar-refractivity contribution is 14.0. The normalized spacial score (nSPS) is 14.1. The number of hydrogen-bond donors (Lipinski definition) is 2. The molecule has 1 aliphatic rings. The van der Waals surface area contributed by atoms with Crippen molar-refractivity contribution in [3.63, 3.8) is 0 Å². The maximum atomic E-state index is 13.1. The van der Waals surface area contributed by atoms with Crippen LogP contribution < -0.4 is 15.5 Å². The predicted octanol–water partition coefficient (Wildman–Crippen LogP) is 2.85. The molecule has 1 saturated heterocycles. The van der Waals surface area contributed by atoms with E-state index < -0.39 is 0 Å². The number of rotatable bonds is 6. The van der Waals surface area contributed by atoms with Crippen LogP contribution in [0.4, 0.5) is 10.1 Å². The molecule has 0 unspecified atom stereocenters. The molecule has 3 rings (SSSR count). The van der Waals surface area contributed by atoms with Gasteiger partial charge in [-0.05, 0) is 36.8 Å². The molecule has 1 amide bonds. The number of anilines is 1. The van der Waals surface area contributed by atoms with Gasteiger partial charge in [-0.3, -0.25) is 4.79 Å². The van der Waals surface area contributed by atoms with Gasteiger partial charge in [-0.15, -0.1) is 24.0 Å². The zero-order valence-electron chi connectivity index (χ0n) is 17.2. The lowest BCUT2D eigenvalue weighted by molar-refractivity contribution is -0.119. The fraction of sp³-hybridized carbons (Fsp3) is 0.364. The largest absolute Gasteiger partial charge is 0.368 e. The molecule has 8 heteroatoms. The fourth-order valence-electron chi connectivity index (χ4n) is 3.25. The lowest BCUT2D eigenvalue weighted by atomic mass is 10.2. The average molecular weight is 525 g/mol. The monoisotopic (exact) mass is 525 g/mol. The minimum atomic E-state index is -0.223. The summed E-state index contributed by atoms with van der Waals surface area (Å²) in [5.74, 6) is 0.426.